The van der Waals surface area contributed by atoms with Crippen LogP contribution in [-0.4, -0.2) is 52.9 Å². The van der Waals surface area contributed by atoms with E-state index in [0.29, 0.717) is 23.6 Å². The third-order valence-electron chi connectivity index (χ3n) is 3.88. The highest BCUT2D eigenvalue weighted by Crippen LogP contribution is 2.26. The summed E-state index contributed by atoms with van der Waals surface area (Å²) in [5.74, 6) is 0.205. The van der Waals surface area contributed by atoms with Gasteiger partial charge < -0.3 is 19.8 Å². The van der Waals surface area contributed by atoms with Crippen molar-refractivity contribution in [3.8, 4) is 5.75 Å². The fourth-order valence-electron chi connectivity index (χ4n) is 2.51. The third-order valence-corrected chi connectivity index (χ3v) is 4.19. The van der Waals surface area contributed by atoms with Crippen LogP contribution in [0.3, 0.4) is 0 Å². The highest BCUT2D eigenvalue weighted by molar-refractivity contribution is 6.32. The van der Waals surface area contributed by atoms with Gasteiger partial charge >= 0.3 is 0 Å². The monoisotopic (exact) mass is 313 g/mol. The molecule has 1 amide bonds. The number of carbonyl (C=O) groups excluding carboxylic acids is 1. The van der Waals surface area contributed by atoms with Crippen LogP contribution in [-0.2, 0) is 4.79 Å². The van der Waals surface area contributed by atoms with Crippen LogP contribution in [0.2, 0.25) is 5.02 Å². The van der Waals surface area contributed by atoms with Crippen molar-refractivity contribution in [3.63, 3.8) is 0 Å². The van der Waals surface area contributed by atoms with Crippen LogP contribution in [0.5, 0.6) is 5.75 Å². The molecule has 2 N–H and O–H groups in total. The zero-order valence-electron chi connectivity index (χ0n) is 12.1. The van der Waals surface area contributed by atoms with E-state index in [1.165, 1.54) is 4.90 Å². The second-order valence-electron chi connectivity index (χ2n) is 5.43. The second-order valence-corrected chi connectivity index (χ2v) is 5.84. The summed E-state index contributed by atoms with van der Waals surface area (Å²) in [6.07, 6.45) is -0.594. The van der Waals surface area contributed by atoms with E-state index in [9.17, 15) is 15.0 Å². The Bertz CT molecular complexity index is 522. The zero-order chi connectivity index (χ0) is 15.6. The van der Waals surface area contributed by atoms with Gasteiger partial charge in [-0.15, -0.1) is 0 Å². The molecule has 21 heavy (non-hydrogen) atoms. The minimum atomic E-state index is -0.901. The topological polar surface area (TPSA) is 70.0 Å². The SMILES string of the molecule is Cc1ccc(Cl)c(OCC(=O)N(C)[C@@H]2CC[C@@H](O)[C@@H]2O)c1. The molecule has 2 rings (SSSR count). The summed E-state index contributed by atoms with van der Waals surface area (Å²) in [6, 6.07) is 4.98. The molecular formula is C15H20ClNO4. The van der Waals surface area contributed by atoms with Gasteiger partial charge in [-0.25, -0.2) is 0 Å². The fraction of sp³-hybridized carbons (Fsp3) is 0.533. The summed E-state index contributed by atoms with van der Waals surface area (Å²) in [7, 11) is 1.61. The lowest BCUT2D eigenvalue weighted by Gasteiger charge is -2.27. The molecule has 3 atom stereocenters. The van der Waals surface area contributed by atoms with Gasteiger partial charge in [-0.1, -0.05) is 17.7 Å². The first-order valence-electron chi connectivity index (χ1n) is 6.91. The number of aliphatic hydroxyl groups is 2. The summed E-state index contributed by atoms with van der Waals surface area (Å²) >= 11 is 6.01. The molecule has 0 aliphatic heterocycles. The first-order valence-corrected chi connectivity index (χ1v) is 7.28. The van der Waals surface area contributed by atoms with Crippen molar-refractivity contribution in [2.45, 2.75) is 38.0 Å². The van der Waals surface area contributed by atoms with E-state index < -0.39 is 12.2 Å². The quantitative estimate of drug-likeness (QED) is 0.881. The number of benzene rings is 1. The zero-order valence-corrected chi connectivity index (χ0v) is 12.9. The van der Waals surface area contributed by atoms with E-state index in [4.69, 9.17) is 16.3 Å². The second kappa shape index (κ2) is 6.64. The van der Waals surface area contributed by atoms with E-state index in [1.807, 2.05) is 13.0 Å². The number of aryl methyl sites for hydroxylation is 1. The molecule has 1 aliphatic rings. The standard InChI is InChI=1S/C15H20ClNO4/c1-9-3-4-10(16)13(7-9)21-8-14(19)17(2)11-5-6-12(18)15(11)20/h3-4,7,11-12,15,18,20H,5-6,8H2,1-2H3/t11-,12-,15-/m1/s1. The maximum Gasteiger partial charge on any atom is 0.260 e. The molecule has 0 bridgehead atoms. The van der Waals surface area contributed by atoms with Crippen LogP contribution in [0.1, 0.15) is 18.4 Å². The largest absolute Gasteiger partial charge is 0.482 e. The van der Waals surface area contributed by atoms with E-state index in [-0.39, 0.29) is 18.6 Å². The summed E-state index contributed by atoms with van der Waals surface area (Å²) in [5, 5.41) is 19.8. The number of nitrogens with zero attached hydrogens (tertiary/aromatic N) is 1. The van der Waals surface area contributed by atoms with Crippen molar-refractivity contribution in [1.29, 1.82) is 0 Å². The number of hydrogen-bond donors (Lipinski definition) is 2. The van der Waals surface area contributed by atoms with Gasteiger partial charge in [0.15, 0.2) is 6.61 Å². The Kier molecular flexibility index (Phi) is 5.08. The Hall–Kier alpha value is -1.30. The number of amides is 1. The van der Waals surface area contributed by atoms with E-state index in [1.54, 1.807) is 19.2 Å². The van der Waals surface area contributed by atoms with Crippen molar-refractivity contribution in [2.24, 2.45) is 0 Å². The number of rotatable bonds is 4. The van der Waals surface area contributed by atoms with Gasteiger partial charge in [-0.2, -0.15) is 0 Å². The van der Waals surface area contributed by atoms with Crippen molar-refractivity contribution < 1.29 is 19.7 Å². The summed E-state index contributed by atoms with van der Waals surface area (Å²) in [5.41, 5.74) is 0.990. The van der Waals surface area contributed by atoms with Gasteiger partial charge in [0, 0.05) is 7.05 Å². The molecule has 1 saturated carbocycles. The molecule has 0 radical (unpaired) electrons. The first-order chi connectivity index (χ1) is 9.90. The highest BCUT2D eigenvalue weighted by Gasteiger charge is 2.37. The van der Waals surface area contributed by atoms with Crippen molar-refractivity contribution in [2.75, 3.05) is 13.7 Å². The normalized spacial score (nSPS) is 24.9. The molecule has 0 heterocycles. The Morgan fingerprint density at radius 1 is 1.43 bits per heavy atom. The van der Waals surface area contributed by atoms with Crippen LogP contribution in [0.4, 0.5) is 0 Å². The number of likely N-dealkylation sites (N-methyl/N-ethyl adjacent to an activating group) is 1. The van der Waals surface area contributed by atoms with E-state index in [0.717, 1.165) is 5.56 Å². The van der Waals surface area contributed by atoms with Crippen molar-refractivity contribution in [3.05, 3.63) is 28.8 Å². The molecule has 0 aromatic heterocycles. The summed E-state index contributed by atoms with van der Waals surface area (Å²) in [4.78, 5) is 13.6. The Balaban J connectivity index is 1.94. The molecule has 0 saturated heterocycles. The lowest BCUT2D eigenvalue weighted by molar-refractivity contribution is -0.136. The predicted octanol–water partition coefficient (Wildman–Crippen LogP) is 1.37. The molecule has 1 fully saturated rings. The predicted molar refractivity (Wildman–Crippen MR) is 79.5 cm³/mol. The molecule has 0 unspecified atom stereocenters. The Labute approximate surface area is 129 Å². The van der Waals surface area contributed by atoms with Crippen LogP contribution >= 0.6 is 11.6 Å². The van der Waals surface area contributed by atoms with Gasteiger partial charge in [0.2, 0.25) is 0 Å². The van der Waals surface area contributed by atoms with Crippen LogP contribution in [0.15, 0.2) is 18.2 Å². The van der Waals surface area contributed by atoms with E-state index in [2.05, 4.69) is 0 Å². The number of halogens is 1. The number of hydrogen-bond acceptors (Lipinski definition) is 4. The summed E-state index contributed by atoms with van der Waals surface area (Å²) < 4.78 is 5.45. The minimum absolute atomic E-state index is 0.154. The Morgan fingerprint density at radius 2 is 2.14 bits per heavy atom. The lowest BCUT2D eigenvalue weighted by Crippen LogP contribution is -2.45. The molecule has 5 nitrogen and oxygen atoms in total. The molecule has 6 heteroatoms. The maximum atomic E-state index is 12.1. The third kappa shape index (κ3) is 3.67. The van der Waals surface area contributed by atoms with Crippen molar-refractivity contribution in [1.82, 2.24) is 4.90 Å². The van der Waals surface area contributed by atoms with Crippen LogP contribution in [0, 0.1) is 6.92 Å². The summed E-state index contributed by atoms with van der Waals surface area (Å²) in [6.45, 7) is 1.76. The minimum Gasteiger partial charge on any atom is -0.482 e. The van der Waals surface area contributed by atoms with Crippen LogP contribution in [0.25, 0.3) is 0 Å². The average Bonchev–Trinajstić information content (AvgIpc) is 2.79. The highest BCUT2D eigenvalue weighted by atomic mass is 35.5. The molecule has 116 valence electrons. The van der Waals surface area contributed by atoms with Gasteiger partial charge in [-0.05, 0) is 37.5 Å². The van der Waals surface area contributed by atoms with Gasteiger partial charge in [0.1, 0.15) is 11.9 Å². The van der Waals surface area contributed by atoms with Gasteiger partial charge in [0.25, 0.3) is 5.91 Å². The van der Waals surface area contributed by atoms with Crippen molar-refractivity contribution >= 4 is 17.5 Å². The number of ether oxygens (including phenoxy) is 1. The number of carbonyl (C=O) groups is 1. The number of aliphatic hydroxyl groups excluding tert-OH is 2. The first kappa shape index (κ1) is 16.1. The molecular weight excluding hydrogens is 294 g/mol. The maximum absolute atomic E-state index is 12.1. The van der Waals surface area contributed by atoms with Gasteiger partial charge in [0.05, 0.1) is 17.2 Å². The lowest BCUT2D eigenvalue weighted by atomic mass is 10.2. The average molecular weight is 314 g/mol. The van der Waals surface area contributed by atoms with Gasteiger partial charge in [-0.3, -0.25) is 4.79 Å². The van der Waals surface area contributed by atoms with E-state index >= 15 is 0 Å². The molecule has 1 aromatic rings. The smallest absolute Gasteiger partial charge is 0.260 e. The Morgan fingerprint density at radius 3 is 2.76 bits per heavy atom. The van der Waals surface area contributed by atoms with Crippen LogP contribution < -0.4 is 4.74 Å². The molecule has 1 aliphatic carbocycles. The fourth-order valence-corrected chi connectivity index (χ4v) is 2.68. The molecule has 0 spiro atoms. The molecule has 1 aromatic carbocycles.